The van der Waals surface area contributed by atoms with Gasteiger partial charge in [-0.2, -0.15) is 0 Å². The molecule has 0 spiro atoms. The Morgan fingerprint density at radius 3 is 2.65 bits per heavy atom. The average Bonchev–Trinajstić information content (AvgIpc) is 2.44. The second-order valence-electron chi connectivity index (χ2n) is 5.77. The van der Waals surface area contributed by atoms with Crippen LogP contribution in [-0.4, -0.2) is 43.2 Å². The Balaban J connectivity index is 1.85. The summed E-state index contributed by atoms with van der Waals surface area (Å²) < 4.78 is 10.8. The lowest BCUT2D eigenvalue weighted by Gasteiger charge is -2.38. The molecule has 1 aromatic carbocycles. The van der Waals surface area contributed by atoms with Crippen LogP contribution in [0.1, 0.15) is 25.8 Å². The zero-order chi connectivity index (χ0) is 14.6. The fourth-order valence-corrected chi connectivity index (χ4v) is 2.43. The van der Waals surface area contributed by atoms with Gasteiger partial charge in [0.1, 0.15) is 5.75 Å². The Hall–Kier alpha value is -1.55. The van der Waals surface area contributed by atoms with E-state index >= 15 is 0 Å². The van der Waals surface area contributed by atoms with Gasteiger partial charge in [-0.25, -0.2) is 0 Å². The molecule has 1 fully saturated rings. The minimum Gasteiger partial charge on any atom is -0.497 e. The maximum atomic E-state index is 12.2. The molecule has 0 saturated carbocycles. The van der Waals surface area contributed by atoms with Crippen LogP contribution >= 0.6 is 0 Å². The highest BCUT2D eigenvalue weighted by molar-refractivity contribution is 5.76. The van der Waals surface area contributed by atoms with Crippen molar-refractivity contribution in [3.63, 3.8) is 0 Å². The molecule has 0 atom stereocenters. The van der Waals surface area contributed by atoms with Crippen LogP contribution in [0, 0.1) is 0 Å². The van der Waals surface area contributed by atoms with E-state index in [1.165, 1.54) is 0 Å². The molecule has 1 aliphatic rings. The van der Waals surface area contributed by atoms with E-state index in [-0.39, 0.29) is 11.5 Å². The van der Waals surface area contributed by atoms with Crippen molar-refractivity contribution in [1.29, 1.82) is 0 Å². The Bertz CT molecular complexity index is 453. The number of rotatable bonds is 4. The largest absolute Gasteiger partial charge is 0.497 e. The molecular weight excluding hydrogens is 254 g/mol. The van der Waals surface area contributed by atoms with Gasteiger partial charge < -0.3 is 14.4 Å². The minimum absolute atomic E-state index is 0.206. The third-order valence-corrected chi connectivity index (χ3v) is 3.56. The quantitative estimate of drug-likeness (QED) is 0.847. The summed E-state index contributed by atoms with van der Waals surface area (Å²) in [5.41, 5.74) is 0.931. The molecule has 0 N–H and O–H groups in total. The average molecular weight is 277 g/mol. The minimum atomic E-state index is -0.228. The van der Waals surface area contributed by atoms with Crippen molar-refractivity contribution in [3.05, 3.63) is 29.8 Å². The van der Waals surface area contributed by atoms with Gasteiger partial charge in [0.2, 0.25) is 5.91 Å². The van der Waals surface area contributed by atoms with E-state index in [0.717, 1.165) is 17.7 Å². The maximum absolute atomic E-state index is 12.2. The molecule has 0 unspecified atom stereocenters. The third kappa shape index (κ3) is 3.97. The van der Waals surface area contributed by atoms with Crippen molar-refractivity contribution >= 4 is 5.91 Å². The molecule has 1 saturated heterocycles. The molecular formula is C16H23NO3. The topological polar surface area (TPSA) is 38.8 Å². The standard InChI is InChI=1S/C16H23NO3/c1-16(2)12-17(10-11-20-16)15(18)9-6-13-4-7-14(19-3)8-5-13/h4-5,7-8H,6,9-12H2,1-3H3. The highest BCUT2D eigenvalue weighted by Crippen LogP contribution is 2.18. The number of methoxy groups -OCH3 is 1. The first kappa shape index (κ1) is 14.9. The second-order valence-corrected chi connectivity index (χ2v) is 5.77. The fraction of sp³-hybridized carbons (Fsp3) is 0.562. The summed E-state index contributed by atoms with van der Waals surface area (Å²) >= 11 is 0. The predicted octanol–water partition coefficient (Wildman–Crippen LogP) is 2.27. The first-order valence-electron chi connectivity index (χ1n) is 7.05. The van der Waals surface area contributed by atoms with Crippen LogP contribution < -0.4 is 4.74 Å². The van der Waals surface area contributed by atoms with Gasteiger partial charge in [0, 0.05) is 19.5 Å². The zero-order valence-electron chi connectivity index (χ0n) is 12.5. The van der Waals surface area contributed by atoms with Crippen LogP contribution in [0.25, 0.3) is 0 Å². The van der Waals surface area contributed by atoms with E-state index in [1.54, 1.807) is 7.11 Å². The number of hydrogen-bond acceptors (Lipinski definition) is 3. The summed E-state index contributed by atoms with van der Waals surface area (Å²) in [5.74, 6) is 1.05. The Labute approximate surface area is 120 Å². The number of ether oxygens (including phenoxy) is 2. The summed E-state index contributed by atoms with van der Waals surface area (Å²) in [4.78, 5) is 14.1. The van der Waals surface area contributed by atoms with Crippen molar-refractivity contribution in [3.8, 4) is 5.75 Å². The predicted molar refractivity (Wildman–Crippen MR) is 77.9 cm³/mol. The van der Waals surface area contributed by atoms with E-state index in [2.05, 4.69) is 0 Å². The lowest BCUT2D eigenvalue weighted by atomic mass is 10.1. The second kappa shape index (κ2) is 6.27. The highest BCUT2D eigenvalue weighted by atomic mass is 16.5. The number of benzene rings is 1. The highest BCUT2D eigenvalue weighted by Gasteiger charge is 2.29. The number of nitrogens with zero attached hydrogens (tertiary/aromatic N) is 1. The first-order chi connectivity index (χ1) is 9.50. The van der Waals surface area contributed by atoms with Gasteiger partial charge in [0.25, 0.3) is 0 Å². The van der Waals surface area contributed by atoms with Gasteiger partial charge in [0.05, 0.1) is 19.3 Å². The smallest absolute Gasteiger partial charge is 0.223 e. The number of morpholine rings is 1. The lowest BCUT2D eigenvalue weighted by Crippen LogP contribution is -2.50. The molecule has 1 amide bonds. The van der Waals surface area contributed by atoms with E-state index in [9.17, 15) is 4.79 Å². The van der Waals surface area contributed by atoms with Gasteiger partial charge in [0.15, 0.2) is 0 Å². The molecule has 2 rings (SSSR count). The molecule has 1 aliphatic heterocycles. The molecule has 0 aliphatic carbocycles. The summed E-state index contributed by atoms with van der Waals surface area (Å²) in [6.45, 7) is 6.05. The SMILES string of the molecule is COc1ccc(CCC(=O)N2CCOC(C)(C)C2)cc1. The lowest BCUT2D eigenvalue weighted by molar-refractivity contribution is -0.145. The molecule has 4 heteroatoms. The Morgan fingerprint density at radius 1 is 1.35 bits per heavy atom. The third-order valence-electron chi connectivity index (χ3n) is 3.56. The molecule has 0 bridgehead atoms. The van der Waals surface area contributed by atoms with Crippen molar-refractivity contribution < 1.29 is 14.3 Å². The maximum Gasteiger partial charge on any atom is 0.223 e. The summed E-state index contributed by atoms with van der Waals surface area (Å²) in [7, 11) is 1.65. The molecule has 110 valence electrons. The van der Waals surface area contributed by atoms with E-state index in [4.69, 9.17) is 9.47 Å². The molecule has 0 aromatic heterocycles. The molecule has 4 nitrogen and oxygen atoms in total. The monoisotopic (exact) mass is 277 g/mol. The van der Waals surface area contributed by atoms with Crippen LogP contribution in [-0.2, 0) is 16.0 Å². The summed E-state index contributed by atoms with van der Waals surface area (Å²) in [6, 6.07) is 7.88. The first-order valence-corrected chi connectivity index (χ1v) is 7.05. The van der Waals surface area contributed by atoms with Crippen molar-refractivity contribution in [1.82, 2.24) is 4.90 Å². The summed E-state index contributed by atoms with van der Waals surface area (Å²) in [5, 5.41) is 0. The van der Waals surface area contributed by atoms with E-state index in [1.807, 2.05) is 43.0 Å². The van der Waals surface area contributed by atoms with E-state index in [0.29, 0.717) is 26.1 Å². The van der Waals surface area contributed by atoms with Gasteiger partial charge in [-0.1, -0.05) is 12.1 Å². The number of amides is 1. The van der Waals surface area contributed by atoms with Gasteiger partial charge in [-0.05, 0) is 38.0 Å². The zero-order valence-corrected chi connectivity index (χ0v) is 12.5. The van der Waals surface area contributed by atoms with Crippen LogP contribution in [0.4, 0.5) is 0 Å². The van der Waals surface area contributed by atoms with Crippen LogP contribution in [0.15, 0.2) is 24.3 Å². The number of aryl methyl sites for hydroxylation is 1. The van der Waals surface area contributed by atoms with Crippen LogP contribution in [0.3, 0.4) is 0 Å². The number of hydrogen-bond donors (Lipinski definition) is 0. The Morgan fingerprint density at radius 2 is 2.05 bits per heavy atom. The van der Waals surface area contributed by atoms with Gasteiger partial charge in [-0.15, -0.1) is 0 Å². The number of carbonyl (C=O) groups is 1. The van der Waals surface area contributed by atoms with Crippen molar-refractivity contribution in [2.75, 3.05) is 26.8 Å². The summed E-state index contributed by atoms with van der Waals surface area (Å²) in [6.07, 6.45) is 1.31. The normalized spacial score (nSPS) is 17.9. The van der Waals surface area contributed by atoms with Crippen molar-refractivity contribution in [2.24, 2.45) is 0 Å². The van der Waals surface area contributed by atoms with Crippen molar-refractivity contribution in [2.45, 2.75) is 32.3 Å². The molecule has 20 heavy (non-hydrogen) atoms. The fourth-order valence-electron chi connectivity index (χ4n) is 2.43. The molecule has 1 aromatic rings. The Kier molecular flexibility index (Phi) is 4.65. The molecule has 0 radical (unpaired) electrons. The van der Waals surface area contributed by atoms with E-state index < -0.39 is 0 Å². The van der Waals surface area contributed by atoms with Gasteiger partial charge in [-0.3, -0.25) is 4.79 Å². The van der Waals surface area contributed by atoms with Crippen LogP contribution in [0.2, 0.25) is 0 Å². The molecule has 1 heterocycles. The van der Waals surface area contributed by atoms with Crippen LogP contribution in [0.5, 0.6) is 5.75 Å². The number of carbonyl (C=O) groups excluding carboxylic acids is 1. The van der Waals surface area contributed by atoms with Gasteiger partial charge >= 0.3 is 0 Å².